The molecule has 0 radical (unpaired) electrons. The van der Waals surface area contributed by atoms with Crippen molar-refractivity contribution in [3.05, 3.63) is 175 Å². The van der Waals surface area contributed by atoms with Crippen LogP contribution in [0.25, 0.3) is 0 Å². The molecule has 1 atom stereocenters. The van der Waals surface area contributed by atoms with E-state index >= 15 is 0 Å². The Labute approximate surface area is 238 Å². The van der Waals surface area contributed by atoms with Crippen LogP contribution in [0, 0.1) is 0 Å². The van der Waals surface area contributed by atoms with E-state index in [0.29, 0.717) is 0 Å². The Kier molecular flexibility index (Phi) is 9.35. The highest BCUT2D eigenvalue weighted by atomic mass is 32.3. The van der Waals surface area contributed by atoms with Gasteiger partial charge < -0.3 is 0 Å². The Morgan fingerprint density at radius 3 is 1.41 bits per heavy atom. The van der Waals surface area contributed by atoms with Crippen molar-refractivity contribution in [1.82, 2.24) is 0 Å². The Balaban J connectivity index is 2.01. The fourth-order valence-electron chi connectivity index (χ4n) is 5.26. The standard InChI is InChI=1S/C37H38S2/c1-6-9-20-32(5)38(8-3,31(4)19-7-2)33-27-29-37(30-28-33)39(34-21-13-10-14-22-34,35-23-15-11-16-24-35)36-25-17-12-18-26-36/h6-7,9-30H,1-2,5,8H2,3-4H3/b20-9-,31-19+. The lowest BCUT2D eigenvalue weighted by Gasteiger charge is -2.44. The zero-order chi connectivity index (χ0) is 27.7. The Morgan fingerprint density at radius 1 is 0.615 bits per heavy atom. The van der Waals surface area contributed by atoms with E-state index < -0.39 is 20.1 Å². The first-order valence-corrected chi connectivity index (χ1v) is 16.7. The van der Waals surface area contributed by atoms with Crippen LogP contribution < -0.4 is 0 Å². The second-order valence-corrected chi connectivity index (χ2v) is 15.9. The van der Waals surface area contributed by atoms with Crippen molar-refractivity contribution in [2.75, 3.05) is 5.75 Å². The maximum atomic E-state index is 4.56. The number of rotatable bonds is 11. The fourth-order valence-corrected chi connectivity index (χ4v) is 12.6. The summed E-state index contributed by atoms with van der Waals surface area (Å²) in [7, 11) is -3.21. The molecule has 0 saturated heterocycles. The van der Waals surface area contributed by atoms with Crippen LogP contribution in [0.5, 0.6) is 0 Å². The van der Waals surface area contributed by atoms with E-state index in [1.807, 2.05) is 18.2 Å². The van der Waals surface area contributed by atoms with Gasteiger partial charge in [0, 0.05) is 19.6 Å². The van der Waals surface area contributed by atoms with E-state index in [1.54, 1.807) is 0 Å². The van der Waals surface area contributed by atoms with Crippen molar-refractivity contribution in [2.45, 2.75) is 38.3 Å². The molecule has 0 saturated carbocycles. The molecule has 0 N–H and O–H groups in total. The molecule has 0 amide bonds. The van der Waals surface area contributed by atoms with Gasteiger partial charge in [-0.2, -0.15) is 10.0 Å². The van der Waals surface area contributed by atoms with Crippen molar-refractivity contribution < 1.29 is 0 Å². The smallest absolute Gasteiger partial charge is 0.00237 e. The first-order chi connectivity index (χ1) is 19.0. The van der Waals surface area contributed by atoms with Gasteiger partial charge >= 0.3 is 0 Å². The van der Waals surface area contributed by atoms with Crippen LogP contribution in [0.15, 0.2) is 200 Å². The number of benzene rings is 4. The SMILES string of the molecule is C=C/C=C\C(=C)S(CC)(/C(C)=C/C=C)c1ccc(S(c2ccccc2)(c2ccccc2)c2ccccc2)cc1. The predicted molar refractivity (Wildman–Crippen MR) is 175 cm³/mol. The number of hydrogen-bond donors (Lipinski definition) is 0. The van der Waals surface area contributed by atoms with Gasteiger partial charge in [0.2, 0.25) is 0 Å². The minimum absolute atomic E-state index is 0.969. The molecule has 39 heavy (non-hydrogen) atoms. The topological polar surface area (TPSA) is 0 Å². The molecular formula is C37H38S2. The second kappa shape index (κ2) is 12.9. The van der Waals surface area contributed by atoms with Crippen LogP contribution in [-0.4, -0.2) is 5.75 Å². The molecule has 0 aliphatic heterocycles. The normalized spacial score (nSPS) is 14.8. The predicted octanol–water partition coefficient (Wildman–Crippen LogP) is 11.6. The summed E-state index contributed by atoms with van der Waals surface area (Å²) in [6.07, 6.45) is 9.96. The van der Waals surface area contributed by atoms with Crippen molar-refractivity contribution in [1.29, 1.82) is 0 Å². The Bertz CT molecular complexity index is 1370. The first kappa shape index (κ1) is 28.3. The van der Waals surface area contributed by atoms with E-state index in [4.69, 9.17) is 0 Å². The van der Waals surface area contributed by atoms with Gasteiger partial charge in [0.15, 0.2) is 0 Å². The quantitative estimate of drug-likeness (QED) is 0.164. The maximum Gasteiger partial charge on any atom is 0.00237 e. The number of allylic oxidation sites excluding steroid dienone is 6. The summed E-state index contributed by atoms with van der Waals surface area (Å²) < 4.78 is 0. The van der Waals surface area contributed by atoms with Crippen LogP contribution in [0.2, 0.25) is 0 Å². The highest BCUT2D eigenvalue weighted by Gasteiger charge is 2.34. The van der Waals surface area contributed by atoms with Gasteiger partial charge in [-0.3, -0.25) is 0 Å². The lowest BCUT2D eigenvalue weighted by molar-refractivity contribution is 1.22. The minimum Gasteiger partial charge on any atom is -0.165 e. The van der Waals surface area contributed by atoms with E-state index in [-0.39, 0.29) is 0 Å². The van der Waals surface area contributed by atoms with Crippen LogP contribution in [0.1, 0.15) is 13.8 Å². The van der Waals surface area contributed by atoms with Crippen molar-refractivity contribution >= 4 is 20.1 Å². The zero-order valence-corrected chi connectivity index (χ0v) is 24.6. The summed E-state index contributed by atoms with van der Waals surface area (Å²) in [5, 5.41) is 0. The van der Waals surface area contributed by atoms with Crippen molar-refractivity contribution in [3.8, 4) is 0 Å². The minimum atomic E-state index is -1.72. The largest absolute Gasteiger partial charge is 0.165 e. The van der Waals surface area contributed by atoms with E-state index in [1.165, 1.54) is 29.4 Å². The lowest BCUT2D eigenvalue weighted by atomic mass is 10.3. The third kappa shape index (κ3) is 5.28. The number of hydrogen-bond acceptors (Lipinski definition) is 0. The van der Waals surface area contributed by atoms with Gasteiger partial charge in [-0.15, -0.1) is 10.0 Å². The first-order valence-electron chi connectivity index (χ1n) is 13.2. The van der Waals surface area contributed by atoms with Gasteiger partial charge in [-0.25, -0.2) is 0 Å². The molecular weight excluding hydrogens is 509 g/mol. The summed E-state index contributed by atoms with van der Waals surface area (Å²) in [6.45, 7) is 16.9. The van der Waals surface area contributed by atoms with E-state index in [9.17, 15) is 0 Å². The third-order valence-electron chi connectivity index (χ3n) is 7.07. The van der Waals surface area contributed by atoms with Gasteiger partial charge in [0.1, 0.15) is 0 Å². The van der Waals surface area contributed by atoms with E-state index in [2.05, 4.69) is 161 Å². The molecule has 0 nitrogen and oxygen atoms in total. The molecule has 0 heterocycles. The molecule has 1 unspecified atom stereocenters. The summed E-state index contributed by atoms with van der Waals surface area (Å²) in [5.41, 5.74) is 0. The average Bonchev–Trinajstić information content (AvgIpc) is 2.99. The molecule has 0 aliphatic rings. The molecule has 2 heteroatoms. The molecule has 0 fully saturated rings. The van der Waals surface area contributed by atoms with Crippen LogP contribution >= 0.6 is 20.1 Å². The van der Waals surface area contributed by atoms with Crippen molar-refractivity contribution in [2.24, 2.45) is 0 Å². The summed E-state index contributed by atoms with van der Waals surface area (Å²) in [5.74, 6) is 0.969. The van der Waals surface area contributed by atoms with Gasteiger partial charge in [-0.05, 0) is 88.0 Å². The van der Waals surface area contributed by atoms with E-state index in [0.717, 1.165) is 10.7 Å². The van der Waals surface area contributed by atoms with Crippen LogP contribution in [0.3, 0.4) is 0 Å². The zero-order valence-electron chi connectivity index (χ0n) is 23.0. The average molecular weight is 547 g/mol. The summed E-state index contributed by atoms with van der Waals surface area (Å²) in [6, 6.07) is 42.3. The Hall–Kier alpha value is -3.72. The molecule has 198 valence electrons. The highest BCUT2D eigenvalue weighted by molar-refractivity contribution is 8.40. The molecule has 4 aromatic rings. The molecule has 0 spiro atoms. The molecule has 4 rings (SSSR count). The Morgan fingerprint density at radius 2 is 1.03 bits per heavy atom. The van der Waals surface area contributed by atoms with Crippen molar-refractivity contribution in [3.63, 3.8) is 0 Å². The molecule has 4 aromatic carbocycles. The maximum absolute atomic E-state index is 4.56. The van der Waals surface area contributed by atoms with Gasteiger partial charge in [0.25, 0.3) is 0 Å². The fraction of sp³-hybridized carbons (Fsp3) is 0.0811. The van der Waals surface area contributed by atoms with Crippen LogP contribution in [0.4, 0.5) is 0 Å². The molecule has 0 aromatic heterocycles. The highest BCUT2D eigenvalue weighted by Crippen LogP contribution is 2.74. The summed E-state index contributed by atoms with van der Waals surface area (Å²) in [4.78, 5) is 9.03. The second-order valence-electron chi connectivity index (χ2n) is 9.12. The van der Waals surface area contributed by atoms with Gasteiger partial charge in [-0.1, -0.05) is 112 Å². The third-order valence-corrected chi connectivity index (χ3v) is 15.2. The summed E-state index contributed by atoms with van der Waals surface area (Å²) >= 11 is 0. The molecule has 0 bridgehead atoms. The van der Waals surface area contributed by atoms with Gasteiger partial charge in [0.05, 0.1) is 0 Å². The monoisotopic (exact) mass is 546 g/mol. The molecule has 0 aliphatic carbocycles. The van der Waals surface area contributed by atoms with Crippen LogP contribution in [-0.2, 0) is 0 Å². The lowest BCUT2D eigenvalue weighted by Crippen LogP contribution is -2.08.